The van der Waals surface area contributed by atoms with E-state index in [-0.39, 0.29) is 6.04 Å². The van der Waals surface area contributed by atoms with Crippen LogP contribution < -0.4 is 5.32 Å². The van der Waals surface area contributed by atoms with Gasteiger partial charge in [-0.15, -0.1) is 11.8 Å². The molecule has 2 rings (SSSR count). The van der Waals surface area contributed by atoms with Gasteiger partial charge in [-0.25, -0.2) is 0 Å². The molecule has 0 aliphatic carbocycles. The van der Waals surface area contributed by atoms with Gasteiger partial charge in [0.15, 0.2) is 0 Å². The summed E-state index contributed by atoms with van der Waals surface area (Å²) in [5.41, 5.74) is 0.926. The molecule has 1 N–H and O–H groups in total. The number of halogens is 1. The Kier molecular flexibility index (Phi) is 4.46. The maximum Gasteiger partial charge on any atom is 0.134 e. The Labute approximate surface area is 116 Å². The zero-order chi connectivity index (χ0) is 13.0. The van der Waals surface area contributed by atoms with E-state index in [2.05, 4.69) is 52.1 Å². The second kappa shape index (κ2) is 6.08. The van der Waals surface area contributed by atoms with Crippen LogP contribution in [0, 0.1) is 11.8 Å². The molecule has 0 saturated carbocycles. The Morgan fingerprint density at radius 2 is 2.22 bits per heavy atom. The monoisotopic (exact) mass is 305 g/mol. The fourth-order valence-corrected chi connectivity index (χ4v) is 2.20. The highest BCUT2D eigenvalue weighted by molar-refractivity contribution is 9.10. The molecule has 2 aromatic rings. The lowest BCUT2D eigenvalue weighted by atomic mass is 10.2. The van der Waals surface area contributed by atoms with Crippen LogP contribution in [0.15, 0.2) is 33.2 Å². The van der Waals surface area contributed by atoms with Crippen molar-refractivity contribution in [1.29, 1.82) is 0 Å². The second-order valence-electron chi connectivity index (χ2n) is 4.18. The van der Waals surface area contributed by atoms with Crippen LogP contribution in [0.2, 0.25) is 0 Å². The third kappa shape index (κ3) is 3.16. The van der Waals surface area contributed by atoms with E-state index in [1.165, 1.54) is 0 Å². The average Bonchev–Trinajstić information content (AvgIpc) is 2.77. The van der Waals surface area contributed by atoms with Crippen LogP contribution in [-0.4, -0.2) is 6.54 Å². The third-order valence-electron chi connectivity index (χ3n) is 2.80. The summed E-state index contributed by atoms with van der Waals surface area (Å²) in [5, 5.41) is 4.53. The van der Waals surface area contributed by atoms with Gasteiger partial charge < -0.3 is 9.73 Å². The van der Waals surface area contributed by atoms with Gasteiger partial charge in [0, 0.05) is 22.8 Å². The summed E-state index contributed by atoms with van der Waals surface area (Å²) in [7, 11) is 0. The smallest absolute Gasteiger partial charge is 0.134 e. The molecule has 0 radical (unpaired) electrons. The minimum absolute atomic E-state index is 0.204. The number of hydrogen-bond acceptors (Lipinski definition) is 2. The van der Waals surface area contributed by atoms with Crippen molar-refractivity contribution in [2.75, 3.05) is 6.54 Å². The molecule has 0 fully saturated rings. The number of rotatable bonds is 4. The van der Waals surface area contributed by atoms with Crippen molar-refractivity contribution in [1.82, 2.24) is 5.32 Å². The van der Waals surface area contributed by atoms with Crippen LogP contribution in [0.25, 0.3) is 11.0 Å². The molecule has 1 atom stereocenters. The summed E-state index contributed by atoms with van der Waals surface area (Å²) in [6.45, 7) is 4.84. The zero-order valence-electron chi connectivity index (χ0n) is 10.6. The molecule has 0 aliphatic heterocycles. The summed E-state index contributed by atoms with van der Waals surface area (Å²) < 4.78 is 6.89. The molecule has 2 nitrogen and oxygen atoms in total. The maximum absolute atomic E-state index is 5.82. The van der Waals surface area contributed by atoms with Gasteiger partial charge in [-0.1, -0.05) is 15.9 Å². The molecule has 0 spiro atoms. The van der Waals surface area contributed by atoms with Crippen LogP contribution in [0.3, 0.4) is 0 Å². The first kappa shape index (κ1) is 13.2. The lowest BCUT2D eigenvalue weighted by Gasteiger charge is -2.09. The van der Waals surface area contributed by atoms with Crippen molar-refractivity contribution in [3.63, 3.8) is 0 Å². The number of fused-ring (bicyclic) bond motifs is 1. The molecule has 1 heterocycles. The number of nitrogens with one attached hydrogen (secondary N) is 1. The van der Waals surface area contributed by atoms with Crippen molar-refractivity contribution in [2.45, 2.75) is 26.3 Å². The lowest BCUT2D eigenvalue weighted by molar-refractivity contribution is 0.455. The Balaban J connectivity index is 2.07. The number of furan rings is 1. The first-order valence-corrected chi connectivity index (χ1v) is 6.82. The highest BCUT2D eigenvalue weighted by Gasteiger charge is 2.10. The minimum Gasteiger partial charge on any atom is -0.459 e. The predicted molar refractivity (Wildman–Crippen MR) is 78.4 cm³/mol. The van der Waals surface area contributed by atoms with E-state index in [0.29, 0.717) is 0 Å². The van der Waals surface area contributed by atoms with E-state index in [0.717, 1.165) is 34.2 Å². The van der Waals surface area contributed by atoms with Crippen LogP contribution in [-0.2, 0) is 0 Å². The van der Waals surface area contributed by atoms with Gasteiger partial charge >= 0.3 is 0 Å². The standard InChI is InChI=1S/C15H16BrNO/c1-3-4-5-8-17-11(2)15-10-12-9-13(16)6-7-14(12)18-15/h6-7,9-11,17H,5,8H2,1-2H3. The largest absolute Gasteiger partial charge is 0.459 e. The Hall–Kier alpha value is -1.24. The molecule has 0 amide bonds. The third-order valence-corrected chi connectivity index (χ3v) is 3.29. The van der Waals surface area contributed by atoms with Gasteiger partial charge in [0.2, 0.25) is 0 Å². The molecule has 0 saturated heterocycles. The molecular weight excluding hydrogens is 290 g/mol. The Bertz CT molecular complexity index is 591. The summed E-state index contributed by atoms with van der Waals surface area (Å²) in [6, 6.07) is 8.33. The van der Waals surface area contributed by atoms with E-state index in [1.54, 1.807) is 0 Å². The lowest BCUT2D eigenvalue weighted by Crippen LogP contribution is -2.18. The van der Waals surface area contributed by atoms with Crippen molar-refractivity contribution in [2.24, 2.45) is 0 Å². The minimum atomic E-state index is 0.204. The first-order chi connectivity index (χ1) is 8.70. The maximum atomic E-state index is 5.82. The van der Waals surface area contributed by atoms with E-state index in [1.807, 2.05) is 19.1 Å². The van der Waals surface area contributed by atoms with Crippen molar-refractivity contribution < 1.29 is 4.42 Å². The van der Waals surface area contributed by atoms with E-state index < -0.39 is 0 Å². The molecule has 18 heavy (non-hydrogen) atoms. The quantitative estimate of drug-likeness (QED) is 0.674. The van der Waals surface area contributed by atoms with E-state index in [9.17, 15) is 0 Å². The zero-order valence-corrected chi connectivity index (χ0v) is 12.2. The number of hydrogen-bond donors (Lipinski definition) is 1. The van der Waals surface area contributed by atoms with Crippen LogP contribution in [0.1, 0.15) is 32.1 Å². The topological polar surface area (TPSA) is 25.2 Å². The molecule has 1 aromatic heterocycles. The molecule has 1 unspecified atom stereocenters. The summed E-state index contributed by atoms with van der Waals surface area (Å²) in [4.78, 5) is 0. The van der Waals surface area contributed by atoms with Crippen molar-refractivity contribution in [3.8, 4) is 11.8 Å². The van der Waals surface area contributed by atoms with Gasteiger partial charge in [0.25, 0.3) is 0 Å². The Morgan fingerprint density at radius 1 is 1.39 bits per heavy atom. The van der Waals surface area contributed by atoms with E-state index >= 15 is 0 Å². The molecule has 0 aliphatic rings. The summed E-state index contributed by atoms with van der Waals surface area (Å²) in [6.07, 6.45) is 0.868. The highest BCUT2D eigenvalue weighted by atomic mass is 79.9. The predicted octanol–water partition coefficient (Wildman–Crippen LogP) is 4.26. The van der Waals surface area contributed by atoms with Gasteiger partial charge in [-0.2, -0.15) is 0 Å². The van der Waals surface area contributed by atoms with Gasteiger partial charge in [-0.3, -0.25) is 0 Å². The second-order valence-corrected chi connectivity index (χ2v) is 5.10. The fraction of sp³-hybridized carbons (Fsp3) is 0.333. The molecule has 0 bridgehead atoms. The van der Waals surface area contributed by atoms with Crippen molar-refractivity contribution in [3.05, 3.63) is 34.5 Å². The Morgan fingerprint density at radius 3 is 3.00 bits per heavy atom. The van der Waals surface area contributed by atoms with Gasteiger partial charge in [-0.05, 0) is 38.1 Å². The van der Waals surface area contributed by atoms with E-state index in [4.69, 9.17) is 4.42 Å². The van der Waals surface area contributed by atoms with Crippen LogP contribution >= 0.6 is 15.9 Å². The SMILES string of the molecule is CC#CCCNC(C)c1cc2cc(Br)ccc2o1. The van der Waals surface area contributed by atoms with Crippen LogP contribution in [0.5, 0.6) is 0 Å². The normalized spacial score (nSPS) is 12.2. The molecule has 94 valence electrons. The molecule has 3 heteroatoms. The number of benzene rings is 1. The first-order valence-electron chi connectivity index (χ1n) is 6.02. The van der Waals surface area contributed by atoms with Crippen molar-refractivity contribution >= 4 is 26.9 Å². The molecule has 1 aromatic carbocycles. The molecular formula is C15H16BrNO. The van der Waals surface area contributed by atoms with Gasteiger partial charge in [0.05, 0.1) is 6.04 Å². The van der Waals surface area contributed by atoms with Gasteiger partial charge in [0.1, 0.15) is 11.3 Å². The van der Waals surface area contributed by atoms with Crippen LogP contribution in [0.4, 0.5) is 0 Å². The fourth-order valence-electron chi connectivity index (χ4n) is 1.82. The summed E-state index contributed by atoms with van der Waals surface area (Å²) >= 11 is 3.47. The average molecular weight is 306 g/mol. The highest BCUT2D eigenvalue weighted by Crippen LogP contribution is 2.26. The summed E-state index contributed by atoms with van der Waals surface area (Å²) in [5.74, 6) is 6.90.